The van der Waals surface area contributed by atoms with Gasteiger partial charge in [-0.3, -0.25) is 0 Å². The molecule has 0 atom stereocenters. The van der Waals surface area contributed by atoms with Crippen LogP contribution in [0.1, 0.15) is 24.5 Å². The van der Waals surface area contributed by atoms with E-state index in [0.29, 0.717) is 6.54 Å². The molecule has 96 valence electrons. The van der Waals surface area contributed by atoms with Crippen LogP contribution in [0.4, 0.5) is 13.2 Å². The van der Waals surface area contributed by atoms with Crippen molar-refractivity contribution in [1.29, 1.82) is 0 Å². The van der Waals surface area contributed by atoms with Crippen LogP contribution in [0.3, 0.4) is 0 Å². The zero-order valence-corrected chi connectivity index (χ0v) is 9.90. The molecule has 1 aromatic rings. The van der Waals surface area contributed by atoms with Gasteiger partial charge in [-0.05, 0) is 24.6 Å². The molecular weight excluding hydrogens is 231 g/mol. The average molecular weight is 247 g/mol. The summed E-state index contributed by atoms with van der Waals surface area (Å²) in [6.07, 6.45) is -3.51. The fourth-order valence-corrected chi connectivity index (χ4v) is 1.62. The van der Waals surface area contributed by atoms with E-state index in [9.17, 15) is 13.2 Å². The van der Waals surface area contributed by atoms with Gasteiger partial charge in [0.2, 0.25) is 0 Å². The van der Waals surface area contributed by atoms with Gasteiger partial charge >= 0.3 is 6.18 Å². The average Bonchev–Trinajstić information content (AvgIpc) is 2.27. The molecule has 0 saturated carbocycles. The maximum atomic E-state index is 12.9. The Kier molecular flexibility index (Phi) is 4.81. The van der Waals surface area contributed by atoms with Crippen molar-refractivity contribution < 1.29 is 17.9 Å². The van der Waals surface area contributed by atoms with E-state index in [1.54, 1.807) is 6.07 Å². The van der Waals surface area contributed by atoms with Crippen LogP contribution in [0.5, 0.6) is 5.75 Å². The number of hydrogen-bond acceptors (Lipinski definition) is 2. The molecule has 2 nitrogen and oxygen atoms in total. The standard InChI is InChI=1S/C12H16F3NO/c1-3-7-16-8-9-5-4-6-10(17-2)11(9)12(13,14)15/h4-6,16H,3,7-8H2,1-2H3. The van der Waals surface area contributed by atoms with Gasteiger partial charge in [-0.1, -0.05) is 19.1 Å². The van der Waals surface area contributed by atoms with Gasteiger partial charge in [-0.2, -0.15) is 13.2 Å². The number of nitrogens with one attached hydrogen (secondary N) is 1. The molecule has 1 rings (SSSR count). The molecule has 0 aliphatic rings. The largest absolute Gasteiger partial charge is 0.496 e. The van der Waals surface area contributed by atoms with Crippen LogP contribution in [-0.2, 0) is 12.7 Å². The summed E-state index contributed by atoms with van der Waals surface area (Å²) >= 11 is 0. The van der Waals surface area contributed by atoms with E-state index in [0.717, 1.165) is 6.42 Å². The first kappa shape index (κ1) is 13.8. The maximum absolute atomic E-state index is 12.9. The molecule has 0 bridgehead atoms. The molecule has 0 aliphatic carbocycles. The smallest absolute Gasteiger partial charge is 0.420 e. The van der Waals surface area contributed by atoms with E-state index in [4.69, 9.17) is 4.74 Å². The van der Waals surface area contributed by atoms with Gasteiger partial charge in [-0.15, -0.1) is 0 Å². The number of methoxy groups -OCH3 is 1. The van der Waals surface area contributed by atoms with E-state index < -0.39 is 11.7 Å². The summed E-state index contributed by atoms with van der Waals surface area (Å²) in [5, 5.41) is 2.96. The topological polar surface area (TPSA) is 21.3 Å². The SMILES string of the molecule is CCCNCc1cccc(OC)c1C(F)(F)F. The number of alkyl halides is 3. The molecule has 1 N–H and O–H groups in total. The maximum Gasteiger partial charge on any atom is 0.420 e. The van der Waals surface area contributed by atoms with Crippen molar-refractivity contribution in [3.05, 3.63) is 29.3 Å². The number of rotatable bonds is 5. The summed E-state index contributed by atoms with van der Waals surface area (Å²) in [6, 6.07) is 4.36. The molecule has 0 amide bonds. The highest BCUT2D eigenvalue weighted by molar-refractivity contribution is 5.42. The van der Waals surface area contributed by atoms with Crippen molar-refractivity contribution in [2.45, 2.75) is 26.1 Å². The minimum absolute atomic E-state index is 0.131. The Morgan fingerprint density at radius 2 is 2.00 bits per heavy atom. The molecule has 17 heavy (non-hydrogen) atoms. The molecule has 5 heteroatoms. The van der Waals surface area contributed by atoms with E-state index in [2.05, 4.69) is 5.32 Å². The van der Waals surface area contributed by atoms with Crippen LogP contribution < -0.4 is 10.1 Å². The molecule has 0 aliphatic heterocycles. The summed E-state index contributed by atoms with van der Waals surface area (Å²) in [4.78, 5) is 0. The molecular formula is C12H16F3NO. The highest BCUT2D eigenvalue weighted by Crippen LogP contribution is 2.38. The first-order chi connectivity index (χ1) is 8.00. The van der Waals surface area contributed by atoms with E-state index in [-0.39, 0.29) is 17.9 Å². The molecule has 0 radical (unpaired) electrons. The minimum Gasteiger partial charge on any atom is -0.496 e. The Labute approximate surface area is 98.8 Å². The first-order valence-corrected chi connectivity index (χ1v) is 5.44. The zero-order chi connectivity index (χ0) is 12.9. The fourth-order valence-electron chi connectivity index (χ4n) is 1.62. The van der Waals surface area contributed by atoms with Crippen molar-refractivity contribution in [2.24, 2.45) is 0 Å². The lowest BCUT2D eigenvalue weighted by atomic mass is 10.1. The lowest BCUT2D eigenvalue weighted by Crippen LogP contribution is -2.18. The Morgan fingerprint density at radius 1 is 1.29 bits per heavy atom. The molecule has 1 aromatic carbocycles. The van der Waals surface area contributed by atoms with Crippen LogP contribution >= 0.6 is 0 Å². The van der Waals surface area contributed by atoms with E-state index in [1.165, 1.54) is 19.2 Å². The first-order valence-electron chi connectivity index (χ1n) is 5.44. The highest BCUT2D eigenvalue weighted by Gasteiger charge is 2.36. The van der Waals surface area contributed by atoms with Gasteiger partial charge in [-0.25, -0.2) is 0 Å². The molecule has 0 heterocycles. The molecule has 0 spiro atoms. The predicted octanol–water partition coefficient (Wildman–Crippen LogP) is 3.21. The number of benzene rings is 1. The second-order valence-electron chi connectivity index (χ2n) is 3.67. The lowest BCUT2D eigenvalue weighted by Gasteiger charge is -2.16. The van der Waals surface area contributed by atoms with Crippen molar-refractivity contribution in [3.8, 4) is 5.75 Å². The van der Waals surface area contributed by atoms with Gasteiger partial charge in [0.15, 0.2) is 0 Å². The van der Waals surface area contributed by atoms with Crippen LogP contribution in [0.25, 0.3) is 0 Å². The fraction of sp³-hybridized carbons (Fsp3) is 0.500. The number of ether oxygens (including phenoxy) is 1. The third-order valence-electron chi connectivity index (χ3n) is 2.36. The summed E-state index contributed by atoms with van der Waals surface area (Å²) < 4.78 is 43.5. The van der Waals surface area contributed by atoms with Crippen molar-refractivity contribution in [3.63, 3.8) is 0 Å². The van der Waals surface area contributed by atoms with Crippen LogP contribution in [0, 0.1) is 0 Å². The molecule has 0 unspecified atom stereocenters. The Bertz CT molecular complexity index is 363. The van der Waals surface area contributed by atoms with Gasteiger partial charge < -0.3 is 10.1 Å². The van der Waals surface area contributed by atoms with Gasteiger partial charge in [0, 0.05) is 6.54 Å². The van der Waals surface area contributed by atoms with Gasteiger partial charge in [0.25, 0.3) is 0 Å². The van der Waals surface area contributed by atoms with Crippen LogP contribution in [0.2, 0.25) is 0 Å². The Morgan fingerprint density at radius 3 is 2.53 bits per heavy atom. The number of hydrogen-bond donors (Lipinski definition) is 1. The van der Waals surface area contributed by atoms with Gasteiger partial charge in [0.05, 0.1) is 7.11 Å². The Balaban J connectivity index is 3.02. The number of halogens is 3. The second-order valence-corrected chi connectivity index (χ2v) is 3.67. The van der Waals surface area contributed by atoms with Crippen LogP contribution in [0.15, 0.2) is 18.2 Å². The Hall–Kier alpha value is -1.23. The summed E-state index contributed by atoms with van der Waals surface area (Å²) in [7, 11) is 1.24. The quantitative estimate of drug-likeness (QED) is 0.807. The van der Waals surface area contributed by atoms with E-state index >= 15 is 0 Å². The lowest BCUT2D eigenvalue weighted by molar-refractivity contribution is -0.139. The molecule has 0 saturated heterocycles. The minimum atomic E-state index is -4.39. The van der Waals surface area contributed by atoms with Gasteiger partial charge in [0.1, 0.15) is 11.3 Å². The van der Waals surface area contributed by atoms with Crippen LogP contribution in [-0.4, -0.2) is 13.7 Å². The summed E-state index contributed by atoms with van der Waals surface area (Å²) in [6.45, 7) is 2.84. The third-order valence-corrected chi connectivity index (χ3v) is 2.36. The normalized spacial score (nSPS) is 11.6. The van der Waals surface area contributed by atoms with Crippen molar-refractivity contribution in [2.75, 3.05) is 13.7 Å². The monoisotopic (exact) mass is 247 g/mol. The zero-order valence-electron chi connectivity index (χ0n) is 9.90. The molecule has 0 fully saturated rings. The van der Waals surface area contributed by atoms with Crippen molar-refractivity contribution in [1.82, 2.24) is 5.32 Å². The third kappa shape index (κ3) is 3.63. The van der Waals surface area contributed by atoms with Crippen molar-refractivity contribution >= 4 is 0 Å². The summed E-state index contributed by atoms with van der Waals surface area (Å²) in [5.41, 5.74) is -0.476. The molecule has 0 aromatic heterocycles. The predicted molar refractivity (Wildman–Crippen MR) is 60.0 cm³/mol. The van der Waals surface area contributed by atoms with E-state index in [1.807, 2.05) is 6.92 Å². The second kappa shape index (κ2) is 5.91. The highest BCUT2D eigenvalue weighted by atomic mass is 19.4. The summed E-state index contributed by atoms with van der Waals surface area (Å²) in [5.74, 6) is -0.131.